The van der Waals surface area contributed by atoms with Crippen molar-refractivity contribution in [1.29, 1.82) is 0 Å². The Morgan fingerprint density at radius 3 is 2.64 bits per heavy atom. The van der Waals surface area contributed by atoms with Crippen LogP contribution in [0.25, 0.3) is 10.2 Å². The molecule has 4 aromatic rings. The van der Waals surface area contributed by atoms with Gasteiger partial charge in [-0.3, -0.25) is 0 Å². The Labute approximate surface area is 175 Å². The molecular formula is C20H19FN4S3. The molecular weight excluding hydrogens is 411 g/mol. The second-order valence-electron chi connectivity index (χ2n) is 6.19. The zero-order valence-corrected chi connectivity index (χ0v) is 18.0. The predicted molar refractivity (Wildman–Crippen MR) is 116 cm³/mol. The maximum atomic E-state index is 13.2. The van der Waals surface area contributed by atoms with E-state index in [4.69, 9.17) is 0 Å². The number of benzene rings is 2. The van der Waals surface area contributed by atoms with Crippen molar-refractivity contribution in [2.45, 2.75) is 40.9 Å². The lowest BCUT2D eigenvalue weighted by Crippen LogP contribution is -2.03. The number of aromatic nitrogens is 4. The van der Waals surface area contributed by atoms with Crippen molar-refractivity contribution < 1.29 is 4.39 Å². The highest BCUT2D eigenvalue weighted by Gasteiger charge is 2.16. The quantitative estimate of drug-likeness (QED) is 0.327. The van der Waals surface area contributed by atoms with Crippen LogP contribution in [0.4, 0.5) is 4.39 Å². The summed E-state index contributed by atoms with van der Waals surface area (Å²) in [6.45, 7) is 5.01. The number of thioether (sulfide) groups is 2. The van der Waals surface area contributed by atoms with E-state index in [-0.39, 0.29) is 11.1 Å². The van der Waals surface area contributed by atoms with E-state index in [2.05, 4.69) is 39.7 Å². The second-order valence-corrected chi connectivity index (χ2v) is 9.75. The molecule has 4 nitrogen and oxygen atoms in total. The van der Waals surface area contributed by atoms with Crippen LogP contribution in [0.15, 0.2) is 58.0 Å². The Balaban J connectivity index is 1.46. The number of halogens is 1. The molecule has 0 bridgehead atoms. The number of thiazole rings is 1. The van der Waals surface area contributed by atoms with Gasteiger partial charge in [0.05, 0.1) is 16.0 Å². The number of hydrogen-bond donors (Lipinski definition) is 0. The van der Waals surface area contributed by atoms with E-state index in [1.807, 2.05) is 30.3 Å². The molecule has 1 unspecified atom stereocenters. The van der Waals surface area contributed by atoms with Crippen LogP contribution in [0.3, 0.4) is 0 Å². The summed E-state index contributed by atoms with van der Waals surface area (Å²) in [6, 6.07) is 14.8. The normalized spacial score (nSPS) is 12.5. The lowest BCUT2D eigenvalue weighted by Gasteiger charge is -2.12. The summed E-state index contributed by atoms with van der Waals surface area (Å²) in [5, 5.41) is 9.86. The predicted octanol–water partition coefficient (Wildman–Crippen LogP) is 6.19. The molecule has 0 fully saturated rings. The summed E-state index contributed by atoms with van der Waals surface area (Å²) >= 11 is 5.04. The van der Waals surface area contributed by atoms with Crippen molar-refractivity contribution in [3.63, 3.8) is 0 Å². The molecule has 0 saturated carbocycles. The molecule has 0 N–H and O–H groups in total. The average Bonchev–Trinajstić information content (AvgIpc) is 3.29. The fourth-order valence-electron chi connectivity index (χ4n) is 2.83. The first-order valence-electron chi connectivity index (χ1n) is 8.96. The zero-order chi connectivity index (χ0) is 19.5. The van der Waals surface area contributed by atoms with Gasteiger partial charge in [0.2, 0.25) is 0 Å². The highest BCUT2D eigenvalue weighted by Crippen LogP contribution is 2.35. The van der Waals surface area contributed by atoms with Gasteiger partial charge in [0.1, 0.15) is 11.6 Å². The van der Waals surface area contributed by atoms with E-state index in [0.717, 1.165) is 38.7 Å². The molecule has 144 valence electrons. The summed E-state index contributed by atoms with van der Waals surface area (Å²) in [4.78, 5) is 4.67. The van der Waals surface area contributed by atoms with Gasteiger partial charge < -0.3 is 4.57 Å². The van der Waals surface area contributed by atoms with Gasteiger partial charge in [-0.2, -0.15) is 0 Å². The highest BCUT2D eigenvalue weighted by molar-refractivity contribution is 8.00. The molecule has 28 heavy (non-hydrogen) atoms. The van der Waals surface area contributed by atoms with Gasteiger partial charge in [0.25, 0.3) is 0 Å². The van der Waals surface area contributed by atoms with Crippen molar-refractivity contribution >= 4 is 45.1 Å². The first kappa shape index (κ1) is 19.4. The van der Waals surface area contributed by atoms with Gasteiger partial charge in [-0.05, 0) is 43.7 Å². The van der Waals surface area contributed by atoms with Crippen molar-refractivity contribution in [3.05, 3.63) is 65.7 Å². The van der Waals surface area contributed by atoms with Crippen LogP contribution in [0.1, 0.15) is 30.5 Å². The molecule has 2 aromatic heterocycles. The number of nitrogens with zero attached hydrogens (tertiary/aromatic N) is 4. The third-order valence-electron chi connectivity index (χ3n) is 4.33. The number of para-hydroxylation sites is 1. The summed E-state index contributed by atoms with van der Waals surface area (Å²) in [5.74, 6) is 1.46. The molecule has 0 saturated heterocycles. The van der Waals surface area contributed by atoms with Crippen LogP contribution in [-0.4, -0.2) is 19.7 Å². The molecule has 2 aromatic carbocycles. The maximum Gasteiger partial charge on any atom is 0.191 e. The van der Waals surface area contributed by atoms with Crippen LogP contribution >= 0.6 is 34.9 Å². The van der Waals surface area contributed by atoms with Crippen LogP contribution in [0, 0.1) is 5.82 Å². The fraction of sp³-hybridized carbons (Fsp3) is 0.250. The van der Waals surface area contributed by atoms with Crippen LogP contribution < -0.4 is 0 Å². The zero-order valence-electron chi connectivity index (χ0n) is 15.5. The molecule has 0 radical (unpaired) electrons. The van der Waals surface area contributed by atoms with Crippen LogP contribution in [0.2, 0.25) is 0 Å². The second kappa shape index (κ2) is 8.63. The van der Waals surface area contributed by atoms with Gasteiger partial charge in [-0.15, -0.1) is 21.5 Å². The van der Waals surface area contributed by atoms with Gasteiger partial charge in [-0.25, -0.2) is 9.37 Å². The Kier molecular flexibility index (Phi) is 5.99. The topological polar surface area (TPSA) is 43.6 Å². The van der Waals surface area contributed by atoms with Crippen molar-refractivity contribution in [3.8, 4) is 0 Å². The molecule has 8 heteroatoms. The molecule has 0 spiro atoms. The van der Waals surface area contributed by atoms with Gasteiger partial charge in [0.15, 0.2) is 9.50 Å². The summed E-state index contributed by atoms with van der Waals surface area (Å²) < 4.78 is 17.5. The fourth-order valence-corrected chi connectivity index (χ4v) is 5.90. The molecule has 0 amide bonds. The van der Waals surface area contributed by atoms with Gasteiger partial charge in [-0.1, -0.05) is 47.8 Å². The van der Waals surface area contributed by atoms with Crippen LogP contribution in [-0.2, 0) is 12.3 Å². The lowest BCUT2D eigenvalue weighted by molar-refractivity contribution is 0.627. The van der Waals surface area contributed by atoms with Gasteiger partial charge in [0, 0.05) is 11.8 Å². The third kappa shape index (κ3) is 4.24. The highest BCUT2D eigenvalue weighted by atomic mass is 32.2. The van der Waals surface area contributed by atoms with Crippen molar-refractivity contribution in [2.24, 2.45) is 0 Å². The Morgan fingerprint density at radius 1 is 1.11 bits per heavy atom. The molecule has 1 atom stereocenters. The molecule has 4 rings (SSSR count). The largest absolute Gasteiger partial charge is 0.306 e. The van der Waals surface area contributed by atoms with Crippen LogP contribution in [0.5, 0.6) is 0 Å². The maximum absolute atomic E-state index is 13.2. The smallest absolute Gasteiger partial charge is 0.191 e. The lowest BCUT2D eigenvalue weighted by atomic mass is 10.2. The Morgan fingerprint density at radius 2 is 1.89 bits per heavy atom. The van der Waals surface area contributed by atoms with E-state index >= 15 is 0 Å². The molecule has 0 aliphatic heterocycles. The number of hydrogen-bond acceptors (Lipinski definition) is 6. The van der Waals surface area contributed by atoms with Crippen molar-refractivity contribution in [1.82, 2.24) is 19.7 Å². The number of rotatable bonds is 7. The third-order valence-corrected chi connectivity index (χ3v) is 7.64. The van der Waals surface area contributed by atoms with E-state index in [9.17, 15) is 4.39 Å². The molecule has 0 aliphatic carbocycles. The standard InChI is InChI=1S/C20H19FN4S3/c1-3-25-18(12-26-20-22-16-6-4-5-7-17(16)28-20)23-24-19(25)27-13(2)14-8-10-15(21)11-9-14/h4-11,13H,3,12H2,1-2H3. The minimum atomic E-state index is -0.216. The minimum absolute atomic E-state index is 0.167. The average molecular weight is 431 g/mol. The van der Waals surface area contributed by atoms with Crippen molar-refractivity contribution in [2.75, 3.05) is 0 Å². The van der Waals surface area contributed by atoms with E-state index in [0.29, 0.717) is 0 Å². The molecule has 0 aliphatic rings. The number of fused-ring (bicyclic) bond motifs is 1. The van der Waals surface area contributed by atoms with Gasteiger partial charge >= 0.3 is 0 Å². The SMILES string of the molecule is CCn1c(CSc2nc3ccccc3s2)nnc1SC(C)c1ccc(F)cc1. The first-order chi connectivity index (χ1) is 13.6. The first-order valence-corrected chi connectivity index (χ1v) is 11.6. The summed E-state index contributed by atoms with van der Waals surface area (Å²) in [5.41, 5.74) is 2.11. The summed E-state index contributed by atoms with van der Waals surface area (Å²) in [7, 11) is 0. The summed E-state index contributed by atoms with van der Waals surface area (Å²) in [6.07, 6.45) is 0. The van der Waals surface area contributed by atoms with E-state index in [1.165, 1.54) is 16.8 Å². The minimum Gasteiger partial charge on any atom is -0.306 e. The van der Waals surface area contributed by atoms with E-state index < -0.39 is 0 Å². The Hall–Kier alpha value is -1.90. The Bertz CT molecular complexity index is 1040. The monoisotopic (exact) mass is 430 g/mol. The molecule has 2 heterocycles. The van der Waals surface area contributed by atoms with E-state index in [1.54, 1.807) is 34.9 Å².